The first-order chi connectivity index (χ1) is 20.3. The lowest BCUT2D eigenvalue weighted by Gasteiger charge is -2.22. The van der Waals surface area contributed by atoms with Crippen LogP contribution in [0.15, 0.2) is 54.6 Å². The van der Waals surface area contributed by atoms with E-state index >= 15 is 0 Å². The van der Waals surface area contributed by atoms with Crippen molar-refractivity contribution in [3.63, 3.8) is 0 Å². The lowest BCUT2D eigenvalue weighted by molar-refractivity contribution is -0.145. The van der Waals surface area contributed by atoms with E-state index in [4.69, 9.17) is 18.9 Å². The van der Waals surface area contributed by atoms with Gasteiger partial charge in [-0.3, -0.25) is 4.79 Å². The van der Waals surface area contributed by atoms with Crippen LogP contribution in [0.25, 0.3) is 0 Å². The minimum Gasteiger partial charge on any atom is -0.464 e. The number of carbonyl (C=O) groups is 5. The first-order valence-electron chi connectivity index (χ1n) is 14.0. The Kier molecular flexibility index (Phi) is 13.5. The topological polar surface area (TPSA) is 158 Å². The number of amides is 3. The lowest BCUT2D eigenvalue weighted by atomic mass is 10.0. The van der Waals surface area contributed by atoms with Crippen molar-refractivity contribution in [1.82, 2.24) is 16.0 Å². The van der Waals surface area contributed by atoms with Crippen molar-refractivity contribution in [1.29, 1.82) is 0 Å². The number of ether oxygens (including phenoxy) is 4. The molecule has 12 nitrogen and oxygen atoms in total. The molecule has 0 saturated heterocycles. The van der Waals surface area contributed by atoms with Gasteiger partial charge < -0.3 is 34.9 Å². The Bertz CT molecular complexity index is 1230. The van der Waals surface area contributed by atoms with Crippen LogP contribution < -0.4 is 20.7 Å². The number of benzene rings is 2. The van der Waals surface area contributed by atoms with Gasteiger partial charge in [0.1, 0.15) is 36.6 Å². The summed E-state index contributed by atoms with van der Waals surface area (Å²) < 4.78 is 20.9. The highest BCUT2D eigenvalue weighted by Gasteiger charge is 2.27. The number of alkyl carbamates (subject to hydrolysis) is 2. The third kappa shape index (κ3) is 13.3. The fraction of sp³-hybridized carbons (Fsp3) is 0.452. The Balaban J connectivity index is 1.96. The van der Waals surface area contributed by atoms with Crippen LogP contribution in [-0.2, 0) is 41.6 Å². The Morgan fingerprint density at radius 3 is 2.02 bits per heavy atom. The number of hydrogen-bond acceptors (Lipinski definition) is 9. The highest BCUT2D eigenvalue weighted by Crippen LogP contribution is 2.16. The molecule has 0 aliphatic heterocycles. The summed E-state index contributed by atoms with van der Waals surface area (Å²) in [4.78, 5) is 61.9. The zero-order chi connectivity index (χ0) is 32.0. The highest BCUT2D eigenvalue weighted by atomic mass is 16.6. The first kappa shape index (κ1) is 34.6. The summed E-state index contributed by atoms with van der Waals surface area (Å²) in [5, 5.41) is 7.46. The van der Waals surface area contributed by atoms with E-state index in [-0.39, 0.29) is 37.8 Å². The Morgan fingerprint density at radius 2 is 1.44 bits per heavy atom. The van der Waals surface area contributed by atoms with Crippen LogP contribution in [0, 0.1) is 5.92 Å². The SMILES string of the molecule is CCOC(=O)[C@@H](Cc1ccc(OC(=O)[C@H](NC(=O)CNC(=O)OC(C)(C)C)C(C)C)cc1)NC(=O)OCc1ccccc1. The number of carbonyl (C=O) groups excluding carboxylic acids is 5. The van der Waals surface area contributed by atoms with E-state index in [1.807, 2.05) is 30.3 Å². The monoisotopic (exact) mass is 599 g/mol. The fourth-order valence-corrected chi connectivity index (χ4v) is 3.64. The second-order valence-electron chi connectivity index (χ2n) is 10.9. The van der Waals surface area contributed by atoms with E-state index in [0.717, 1.165) is 5.56 Å². The maximum atomic E-state index is 12.9. The molecule has 3 N–H and O–H groups in total. The van der Waals surface area contributed by atoms with Crippen LogP contribution in [0.3, 0.4) is 0 Å². The van der Waals surface area contributed by atoms with Gasteiger partial charge in [0.2, 0.25) is 5.91 Å². The maximum absolute atomic E-state index is 12.9. The molecule has 2 atom stereocenters. The van der Waals surface area contributed by atoms with E-state index in [1.165, 1.54) is 12.1 Å². The predicted molar refractivity (Wildman–Crippen MR) is 157 cm³/mol. The summed E-state index contributed by atoms with van der Waals surface area (Å²) in [6, 6.07) is 13.5. The van der Waals surface area contributed by atoms with Crippen LogP contribution >= 0.6 is 0 Å². The van der Waals surface area contributed by atoms with Crippen LogP contribution in [0.1, 0.15) is 52.7 Å². The van der Waals surface area contributed by atoms with Crippen LogP contribution in [0.2, 0.25) is 0 Å². The van der Waals surface area contributed by atoms with Gasteiger partial charge in [0, 0.05) is 6.42 Å². The van der Waals surface area contributed by atoms with Gasteiger partial charge in [-0.2, -0.15) is 0 Å². The molecule has 234 valence electrons. The molecule has 2 aromatic rings. The molecule has 2 aromatic carbocycles. The van der Waals surface area contributed by atoms with Crippen LogP contribution in [0.5, 0.6) is 5.75 Å². The van der Waals surface area contributed by atoms with Crippen molar-refractivity contribution >= 4 is 30.0 Å². The summed E-state index contributed by atoms with van der Waals surface area (Å²) >= 11 is 0. The number of esters is 2. The molecule has 0 radical (unpaired) electrons. The summed E-state index contributed by atoms with van der Waals surface area (Å²) in [6.07, 6.45) is -1.42. The molecule has 0 aromatic heterocycles. The Hall–Kier alpha value is -4.61. The van der Waals surface area contributed by atoms with Crippen molar-refractivity contribution in [3.8, 4) is 5.75 Å². The van der Waals surface area contributed by atoms with E-state index < -0.39 is 47.7 Å². The van der Waals surface area contributed by atoms with Gasteiger partial charge in [-0.1, -0.05) is 56.3 Å². The van der Waals surface area contributed by atoms with E-state index in [9.17, 15) is 24.0 Å². The molecule has 0 bridgehead atoms. The predicted octanol–water partition coefficient (Wildman–Crippen LogP) is 3.66. The second-order valence-corrected chi connectivity index (χ2v) is 10.9. The molecule has 0 aliphatic carbocycles. The first-order valence-corrected chi connectivity index (χ1v) is 14.0. The molecule has 0 saturated carbocycles. The van der Waals surface area contributed by atoms with Gasteiger partial charge in [0.05, 0.1) is 6.61 Å². The van der Waals surface area contributed by atoms with Crippen molar-refractivity contribution < 1.29 is 42.9 Å². The lowest BCUT2D eigenvalue weighted by Crippen LogP contribution is -2.49. The Morgan fingerprint density at radius 1 is 0.791 bits per heavy atom. The molecule has 0 unspecified atom stereocenters. The smallest absolute Gasteiger partial charge is 0.408 e. The molecule has 0 heterocycles. The molecule has 12 heteroatoms. The van der Waals surface area contributed by atoms with E-state index in [0.29, 0.717) is 5.56 Å². The molecule has 3 amide bonds. The molecule has 0 aliphatic rings. The minimum absolute atomic E-state index is 0.0420. The largest absolute Gasteiger partial charge is 0.464 e. The average Bonchev–Trinajstić information content (AvgIpc) is 2.94. The van der Waals surface area contributed by atoms with Gasteiger partial charge >= 0.3 is 24.1 Å². The van der Waals surface area contributed by atoms with Gasteiger partial charge in [0.15, 0.2) is 0 Å². The van der Waals surface area contributed by atoms with Gasteiger partial charge in [-0.25, -0.2) is 19.2 Å². The van der Waals surface area contributed by atoms with Crippen LogP contribution in [-0.4, -0.2) is 60.9 Å². The molecular weight excluding hydrogens is 558 g/mol. The maximum Gasteiger partial charge on any atom is 0.408 e. The summed E-state index contributed by atoms with van der Waals surface area (Å²) in [5.74, 6) is -2.00. The summed E-state index contributed by atoms with van der Waals surface area (Å²) in [6.45, 7) is 10.0. The highest BCUT2D eigenvalue weighted by molar-refractivity contribution is 5.88. The third-order valence-corrected chi connectivity index (χ3v) is 5.69. The number of rotatable bonds is 13. The van der Waals surface area contributed by atoms with Crippen molar-refractivity contribution in [3.05, 3.63) is 65.7 Å². The van der Waals surface area contributed by atoms with Crippen molar-refractivity contribution in [2.45, 2.75) is 72.3 Å². The molecule has 0 fully saturated rings. The summed E-state index contributed by atoms with van der Waals surface area (Å²) in [5.41, 5.74) is 0.737. The standard InChI is InChI=1S/C31H41N3O9/c1-7-40-27(36)24(33-30(39)41-19-22-11-9-8-10-12-22)17-21-13-15-23(16-14-21)42-28(37)26(20(2)3)34-25(35)18-32-29(38)43-31(4,5)6/h8-16,20,24,26H,7,17-19H2,1-6H3,(H,32,38)(H,33,39)(H,34,35)/t24-,26-/m1/s1. The zero-order valence-corrected chi connectivity index (χ0v) is 25.4. The third-order valence-electron chi connectivity index (χ3n) is 5.69. The zero-order valence-electron chi connectivity index (χ0n) is 25.4. The van der Waals surface area contributed by atoms with Crippen molar-refractivity contribution in [2.75, 3.05) is 13.2 Å². The number of nitrogens with one attached hydrogen (secondary N) is 3. The average molecular weight is 600 g/mol. The van der Waals surface area contributed by atoms with Gasteiger partial charge in [-0.05, 0) is 56.9 Å². The second kappa shape index (κ2) is 16.7. The van der Waals surface area contributed by atoms with Gasteiger partial charge in [0.25, 0.3) is 0 Å². The van der Waals surface area contributed by atoms with E-state index in [2.05, 4.69) is 16.0 Å². The molecule has 2 rings (SSSR count). The summed E-state index contributed by atoms with van der Waals surface area (Å²) in [7, 11) is 0. The molecular formula is C31H41N3O9. The molecule has 0 spiro atoms. The van der Waals surface area contributed by atoms with Gasteiger partial charge in [-0.15, -0.1) is 0 Å². The normalized spacial score (nSPS) is 12.3. The number of hydrogen-bond donors (Lipinski definition) is 3. The Labute approximate surface area is 251 Å². The minimum atomic E-state index is -1.01. The van der Waals surface area contributed by atoms with Crippen LogP contribution in [0.4, 0.5) is 9.59 Å². The fourth-order valence-electron chi connectivity index (χ4n) is 3.64. The van der Waals surface area contributed by atoms with E-state index in [1.54, 1.807) is 53.7 Å². The van der Waals surface area contributed by atoms with Crippen molar-refractivity contribution in [2.24, 2.45) is 5.92 Å². The quantitative estimate of drug-likeness (QED) is 0.177. The molecule has 43 heavy (non-hydrogen) atoms.